The standard InChI is InChI=1S/C20H11ClN2S.C12H9BO2S.C8H4Cl2N2/c21-20-22-16-7-3-1-6-14(16)19(23-20)12-9-10-18-15(11-12)13-5-2-4-8-17(13)24-18;14-13(15)8-5-6-12-10(7-8)9-3-1-2-4-11(9)16-12;9-7-5-3-1-2-4-6(5)11-8(10)12-7/h1-11H;1-7,14-15H;1-4H. The molecule has 0 amide bonds. The van der Waals surface area contributed by atoms with E-state index in [0.29, 0.717) is 10.6 Å². The molecule has 6 nitrogen and oxygen atoms in total. The maximum atomic E-state index is 9.15. The summed E-state index contributed by atoms with van der Waals surface area (Å²) in [5.41, 5.74) is 4.11. The van der Waals surface area contributed by atoms with Crippen molar-refractivity contribution in [2.75, 3.05) is 0 Å². The summed E-state index contributed by atoms with van der Waals surface area (Å²) in [6, 6.07) is 44.1. The first kappa shape index (κ1) is 34.4. The fraction of sp³-hybridized carbons (Fsp3) is 0. The average molecular weight is 774 g/mol. The molecule has 4 heterocycles. The van der Waals surface area contributed by atoms with E-state index in [1.807, 2.05) is 84.1 Å². The zero-order valence-corrected chi connectivity index (χ0v) is 30.8. The smallest absolute Gasteiger partial charge is 0.423 e. The van der Waals surface area contributed by atoms with Gasteiger partial charge in [0.1, 0.15) is 5.15 Å². The Hall–Kier alpha value is -4.71. The van der Waals surface area contributed by atoms with E-state index in [-0.39, 0.29) is 10.6 Å². The van der Waals surface area contributed by atoms with Crippen LogP contribution in [0.5, 0.6) is 0 Å². The van der Waals surface area contributed by atoms with Gasteiger partial charge in [0.15, 0.2) is 0 Å². The van der Waals surface area contributed by atoms with Gasteiger partial charge in [0, 0.05) is 51.3 Å². The van der Waals surface area contributed by atoms with Crippen molar-refractivity contribution in [1.29, 1.82) is 0 Å². The number of para-hydroxylation sites is 2. The van der Waals surface area contributed by atoms with Crippen LogP contribution in [-0.4, -0.2) is 37.1 Å². The lowest BCUT2D eigenvalue weighted by Gasteiger charge is -2.06. The molecule has 0 saturated heterocycles. The quantitative estimate of drug-likeness (QED) is 0.103. The largest absolute Gasteiger partial charge is 0.488 e. The second kappa shape index (κ2) is 14.7. The summed E-state index contributed by atoms with van der Waals surface area (Å²) in [6.45, 7) is 0. The maximum absolute atomic E-state index is 9.15. The highest BCUT2D eigenvalue weighted by molar-refractivity contribution is 7.26. The van der Waals surface area contributed by atoms with Gasteiger partial charge in [-0.05, 0) is 82.6 Å². The number of thiophene rings is 2. The van der Waals surface area contributed by atoms with Crippen molar-refractivity contribution in [2.24, 2.45) is 0 Å². The molecule has 2 N–H and O–H groups in total. The molecule has 0 aliphatic rings. The van der Waals surface area contributed by atoms with Gasteiger partial charge in [-0.2, -0.15) is 0 Å². The summed E-state index contributed by atoms with van der Waals surface area (Å²) >= 11 is 21.1. The van der Waals surface area contributed by atoms with Gasteiger partial charge in [-0.25, -0.2) is 19.9 Å². The van der Waals surface area contributed by atoms with Crippen molar-refractivity contribution in [3.8, 4) is 11.3 Å². The lowest BCUT2D eigenvalue weighted by atomic mass is 9.80. The van der Waals surface area contributed by atoms with Crippen LogP contribution in [0.3, 0.4) is 0 Å². The van der Waals surface area contributed by atoms with Crippen LogP contribution in [0, 0.1) is 0 Å². The van der Waals surface area contributed by atoms with Crippen LogP contribution in [0.1, 0.15) is 0 Å². The lowest BCUT2D eigenvalue weighted by molar-refractivity contribution is 0.426. The normalized spacial score (nSPS) is 11.2. The van der Waals surface area contributed by atoms with Crippen molar-refractivity contribution >= 4 is 132 Å². The average Bonchev–Trinajstić information content (AvgIpc) is 3.72. The van der Waals surface area contributed by atoms with Crippen LogP contribution in [-0.2, 0) is 0 Å². The summed E-state index contributed by atoms with van der Waals surface area (Å²) in [5.74, 6) is 0. The van der Waals surface area contributed by atoms with Crippen LogP contribution in [0.25, 0.3) is 73.4 Å². The third kappa shape index (κ3) is 6.92. The highest BCUT2D eigenvalue weighted by Gasteiger charge is 2.14. The molecule has 4 aromatic heterocycles. The van der Waals surface area contributed by atoms with E-state index in [1.54, 1.807) is 17.4 Å². The van der Waals surface area contributed by atoms with E-state index < -0.39 is 7.12 Å². The van der Waals surface area contributed by atoms with Gasteiger partial charge in [0.05, 0.1) is 16.7 Å². The van der Waals surface area contributed by atoms with Crippen LogP contribution in [0.15, 0.2) is 133 Å². The molecule has 0 fully saturated rings. The Labute approximate surface area is 320 Å². The van der Waals surface area contributed by atoms with Crippen molar-refractivity contribution < 1.29 is 10.0 Å². The molecular formula is C40H24BCl3N4O2S2. The monoisotopic (exact) mass is 772 g/mol. The molecule has 0 spiro atoms. The van der Waals surface area contributed by atoms with Crippen molar-refractivity contribution in [2.45, 2.75) is 0 Å². The third-order valence-electron chi connectivity index (χ3n) is 8.45. The lowest BCUT2D eigenvalue weighted by Crippen LogP contribution is -2.29. The molecule has 10 rings (SSSR count). The number of hydrogen-bond acceptors (Lipinski definition) is 8. The van der Waals surface area contributed by atoms with E-state index in [9.17, 15) is 0 Å². The van der Waals surface area contributed by atoms with Crippen LogP contribution in [0.2, 0.25) is 15.7 Å². The molecule has 0 unspecified atom stereocenters. The van der Waals surface area contributed by atoms with Gasteiger partial charge in [-0.1, -0.05) is 96.5 Å². The molecule has 0 radical (unpaired) electrons. The molecule has 12 heteroatoms. The third-order valence-corrected chi connectivity index (χ3v) is 11.4. The molecule has 0 aliphatic heterocycles. The van der Waals surface area contributed by atoms with Gasteiger partial charge in [0.2, 0.25) is 10.6 Å². The number of aromatic nitrogens is 4. The number of hydrogen-bond donors (Lipinski definition) is 2. The second-order valence-electron chi connectivity index (χ2n) is 11.7. The molecule has 10 aromatic rings. The number of benzene rings is 6. The number of halogens is 3. The number of rotatable bonds is 2. The van der Waals surface area contributed by atoms with E-state index in [4.69, 9.17) is 44.9 Å². The molecule has 0 bridgehead atoms. The Bertz CT molecular complexity index is 2920. The van der Waals surface area contributed by atoms with E-state index in [1.165, 1.54) is 35.0 Å². The summed E-state index contributed by atoms with van der Waals surface area (Å²) in [6.07, 6.45) is 0. The predicted octanol–water partition coefficient (Wildman–Crippen LogP) is 11.0. The van der Waals surface area contributed by atoms with E-state index in [2.05, 4.69) is 74.5 Å². The van der Waals surface area contributed by atoms with Gasteiger partial charge in [0.25, 0.3) is 0 Å². The Morgan fingerprint density at radius 1 is 0.442 bits per heavy atom. The van der Waals surface area contributed by atoms with Gasteiger partial charge < -0.3 is 10.0 Å². The molecule has 0 saturated carbocycles. The van der Waals surface area contributed by atoms with Gasteiger partial charge in [-0.15, -0.1) is 22.7 Å². The Morgan fingerprint density at radius 3 is 1.56 bits per heavy atom. The Balaban J connectivity index is 0.000000120. The Kier molecular flexibility index (Phi) is 9.74. The van der Waals surface area contributed by atoms with E-state index in [0.717, 1.165) is 38.4 Å². The minimum atomic E-state index is -1.40. The topological polar surface area (TPSA) is 92.0 Å². The summed E-state index contributed by atoms with van der Waals surface area (Å²) < 4.78 is 4.98. The zero-order chi connectivity index (χ0) is 35.8. The van der Waals surface area contributed by atoms with Crippen molar-refractivity contribution in [1.82, 2.24) is 19.9 Å². The summed E-state index contributed by atoms with van der Waals surface area (Å²) in [4.78, 5) is 16.6. The first-order chi connectivity index (χ1) is 25.3. The molecule has 0 aliphatic carbocycles. The van der Waals surface area contributed by atoms with Gasteiger partial charge in [-0.3, -0.25) is 0 Å². The molecule has 0 atom stereocenters. The summed E-state index contributed by atoms with van der Waals surface area (Å²) in [7, 11) is -1.40. The van der Waals surface area contributed by atoms with Crippen molar-refractivity contribution in [3.63, 3.8) is 0 Å². The van der Waals surface area contributed by atoms with Crippen LogP contribution >= 0.6 is 57.5 Å². The molecule has 252 valence electrons. The number of fused-ring (bicyclic) bond motifs is 8. The SMILES string of the molecule is Clc1nc(-c2ccc3sc4ccccc4c3c2)c2ccccc2n1.Clc1nc(Cl)c2ccccc2n1.OB(O)c1ccc2sc3ccccc3c2c1. The van der Waals surface area contributed by atoms with Crippen molar-refractivity contribution in [3.05, 3.63) is 149 Å². The van der Waals surface area contributed by atoms with Crippen LogP contribution in [0.4, 0.5) is 0 Å². The number of nitrogens with zero attached hydrogens (tertiary/aromatic N) is 4. The zero-order valence-electron chi connectivity index (χ0n) is 26.9. The second-order valence-corrected chi connectivity index (χ2v) is 14.9. The molecule has 52 heavy (non-hydrogen) atoms. The first-order valence-corrected chi connectivity index (χ1v) is 18.8. The first-order valence-electron chi connectivity index (χ1n) is 16.0. The predicted molar refractivity (Wildman–Crippen MR) is 222 cm³/mol. The highest BCUT2D eigenvalue weighted by atomic mass is 35.5. The summed E-state index contributed by atoms with van der Waals surface area (Å²) in [5, 5.41) is 25.8. The minimum Gasteiger partial charge on any atom is -0.423 e. The highest BCUT2D eigenvalue weighted by Crippen LogP contribution is 2.37. The Morgan fingerprint density at radius 2 is 0.923 bits per heavy atom. The van der Waals surface area contributed by atoms with Gasteiger partial charge >= 0.3 is 7.12 Å². The minimum absolute atomic E-state index is 0.179. The van der Waals surface area contributed by atoms with Crippen LogP contribution < -0.4 is 5.46 Å². The molecule has 6 aromatic carbocycles. The fourth-order valence-electron chi connectivity index (χ4n) is 6.06. The molecular weight excluding hydrogens is 750 g/mol. The maximum Gasteiger partial charge on any atom is 0.488 e. The van der Waals surface area contributed by atoms with E-state index >= 15 is 0 Å². The fourth-order valence-corrected chi connectivity index (χ4v) is 8.86.